The van der Waals surface area contributed by atoms with Crippen molar-refractivity contribution in [1.29, 1.82) is 0 Å². The second-order valence-electron chi connectivity index (χ2n) is 5.30. The molecule has 2 heterocycles. The van der Waals surface area contributed by atoms with E-state index in [0.717, 1.165) is 19.2 Å². The first kappa shape index (κ1) is 16.5. The van der Waals surface area contributed by atoms with Crippen molar-refractivity contribution in [3.05, 3.63) is 24.0 Å². The smallest absolute Gasteiger partial charge is 0.243 e. The van der Waals surface area contributed by atoms with Crippen LogP contribution in [0, 0.1) is 17.7 Å². The molecule has 1 N–H and O–H groups in total. The first-order valence-corrected chi connectivity index (χ1v) is 8.01. The Kier molecular flexibility index (Phi) is 4.77. The first-order valence-electron chi connectivity index (χ1n) is 6.57. The van der Waals surface area contributed by atoms with Crippen molar-refractivity contribution in [3.8, 4) is 5.75 Å². The van der Waals surface area contributed by atoms with Gasteiger partial charge >= 0.3 is 0 Å². The van der Waals surface area contributed by atoms with Gasteiger partial charge in [0.05, 0.1) is 12.0 Å². The van der Waals surface area contributed by atoms with Gasteiger partial charge in [-0.3, -0.25) is 0 Å². The van der Waals surface area contributed by atoms with Crippen LogP contribution in [0.3, 0.4) is 0 Å². The summed E-state index contributed by atoms with van der Waals surface area (Å²) in [5.41, 5.74) is 0. The number of halogens is 2. The lowest BCUT2D eigenvalue weighted by molar-refractivity contribution is 0.384. The van der Waals surface area contributed by atoms with Crippen molar-refractivity contribution in [1.82, 2.24) is 9.62 Å². The van der Waals surface area contributed by atoms with Crippen molar-refractivity contribution in [2.75, 3.05) is 33.3 Å². The van der Waals surface area contributed by atoms with Crippen LogP contribution in [0.4, 0.5) is 4.39 Å². The lowest BCUT2D eigenvalue weighted by Gasteiger charge is -2.18. The summed E-state index contributed by atoms with van der Waals surface area (Å²) in [6.07, 6.45) is 0. The Balaban J connectivity index is 0.00000161. The Labute approximate surface area is 129 Å². The van der Waals surface area contributed by atoms with Crippen molar-refractivity contribution in [2.24, 2.45) is 11.8 Å². The lowest BCUT2D eigenvalue weighted by Crippen LogP contribution is -2.32. The summed E-state index contributed by atoms with van der Waals surface area (Å²) in [5, 5.41) is 3.27. The highest BCUT2D eigenvalue weighted by molar-refractivity contribution is 7.89. The maximum Gasteiger partial charge on any atom is 0.243 e. The minimum absolute atomic E-state index is 0. The predicted octanol–water partition coefficient (Wildman–Crippen LogP) is 1.10. The largest absolute Gasteiger partial charge is 0.494 e. The zero-order chi connectivity index (χ0) is 14.3. The fourth-order valence-electron chi connectivity index (χ4n) is 2.96. The van der Waals surface area contributed by atoms with Gasteiger partial charge in [0.15, 0.2) is 11.6 Å². The Bertz CT molecular complexity index is 614. The van der Waals surface area contributed by atoms with Gasteiger partial charge in [-0.05, 0) is 37.1 Å². The number of nitrogens with one attached hydrogen (secondary N) is 1. The number of nitrogens with zero attached hydrogens (tertiary/aromatic N) is 1. The number of hydrogen-bond donors (Lipinski definition) is 1. The Hall–Kier alpha value is -0.890. The van der Waals surface area contributed by atoms with E-state index in [9.17, 15) is 12.8 Å². The fraction of sp³-hybridized carbons (Fsp3) is 0.538. The van der Waals surface area contributed by atoms with Gasteiger partial charge in [-0.15, -0.1) is 12.4 Å². The first-order chi connectivity index (χ1) is 9.52. The molecular weight excluding hydrogens is 319 g/mol. The summed E-state index contributed by atoms with van der Waals surface area (Å²) in [7, 11) is -2.25. The molecule has 0 spiro atoms. The predicted molar refractivity (Wildman–Crippen MR) is 78.8 cm³/mol. The van der Waals surface area contributed by atoms with Crippen LogP contribution in [0.2, 0.25) is 0 Å². The molecule has 5 nitrogen and oxygen atoms in total. The summed E-state index contributed by atoms with van der Waals surface area (Å²) < 4.78 is 44.9. The molecule has 2 fully saturated rings. The van der Waals surface area contributed by atoms with Gasteiger partial charge in [-0.25, -0.2) is 12.8 Å². The van der Waals surface area contributed by atoms with Gasteiger partial charge in [0.2, 0.25) is 10.0 Å². The van der Waals surface area contributed by atoms with Gasteiger partial charge in [-0.1, -0.05) is 0 Å². The number of sulfonamides is 1. The average Bonchev–Trinajstić information content (AvgIpc) is 2.99. The number of ether oxygens (including phenoxy) is 1. The van der Waals surface area contributed by atoms with Gasteiger partial charge in [-0.2, -0.15) is 4.31 Å². The molecule has 3 rings (SSSR count). The molecule has 0 aliphatic carbocycles. The third kappa shape index (κ3) is 2.88. The van der Waals surface area contributed by atoms with E-state index < -0.39 is 15.8 Å². The minimum Gasteiger partial charge on any atom is -0.494 e. The molecule has 0 bridgehead atoms. The van der Waals surface area contributed by atoms with E-state index in [0.29, 0.717) is 24.9 Å². The third-order valence-electron chi connectivity index (χ3n) is 4.12. The van der Waals surface area contributed by atoms with Crippen LogP contribution in [0.1, 0.15) is 0 Å². The second kappa shape index (κ2) is 6.08. The molecule has 1 aromatic carbocycles. The number of rotatable bonds is 3. The highest BCUT2D eigenvalue weighted by Gasteiger charge is 2.41. The summed E-state index contributed by atoms with van der Waals surface area (Å²) in [6, 6.07) is 3.67. The van der Waals surface area contributed by atoms with E-state index in [2.05, 4.69) is 5.32 Å². The van der Waals surface area contributed by atoms with Crippen LogP contribution < -0.4 is 10.1 Å². The number of benzene rings is 1. The monoisotopic (exact) mass is 336 g/mol. The molecule has 2 saturated heterocycles. The topological polar surface area (TPSA) is 58.6 Å². The van der Waals surface area contributed by atoms with Crippen LogP contribution >= 0.6 is 12.4 Å². The number of methoxy groups -OCH3 is 1. The van der Waals surface area contributed by atoms with Crippen molar-refractivity contribution in [2.45, 2.75) is 4.90 Å². The molecule has 0 radical (unpaired) electrons. The van der Waals surface area contributed by atoms with Crippen LogP contribution in [0.15, 0.2) is 23.1 Å². The standard InChI is InChI=1S/C13H17FN2O3S.ClH/c1-19-13-4-11(2-3-12(13)14)20(17,18)16-7-9-5-15-6-10(9)8-16;/h2-4,9-10,15H,5-8H2,1H3;1H/t9-,10+;. The van der Waals surface area contributed by atoms with Gasteiger partial charge in [0, 0.05) is 19.2 Å². The average molecular weight is 337 g/mol. The summed E-state index contributed by atoms with van der Waals surface area (Å²) >= 11 is 0. The van der Waals surface area contributed by atoms with Crippen LogP contribution in [0.5, 0.6) is 5.75 Å². The van der Waals surface area contributed by atoms with Gasteiger partial charge < -0.3 is 10.1 Å². The Morgan fingerprint density at radius 1 is 1.29 bits per heavy atom. The molecule has 0 amide bonds. The van der Waals surface area contributed by atoms with E-state index in [1.165, 1.54) is 23.5 Å². The van der Waals surface area contributed by atoms with Crippen LogP contribution in [-0.2, 0) is 10.0 Å². The van der Waals surface area contributed by atoms with E-state index >= 15 is 0 Å². The lowest BCUT2D eigenvalue weighted by atomic mass is 10.0. The summed E-state index contributed by atoms with van der Waals surface area (Å²) in [4.78, 5) is 0.0867. The van der Waals surface area contributed by atoms with E-state index in [-0.39, 0.29) is 23.1 Å². The summed E-state index contributed by atoms with van der Waals surface area (Å²) in [6.45, 7) is 2.78. The number of fused-ring (bicyclic) bond motifs is 1. The fourth-order valence-corrected chi connectivity index (χ4v) is 4.53. The zero-order valence-electron chi connectivity index (χ0n) is 11.6. The zero-order valence-corrected chi connectivity index (χ0v) is 13.2. The summed E-state index contributed by atoms with van der Waals surface area (Å²) in [5.74, 6) is 0.153. The Morgan fingerprint density at radius 2 is 1.90 bits per heavy atom. The van der Waals surface area contributed by atoms with Gasteiger partial charge in [0.1, 0.15) is 0 Å². The molecule has 1 aromatic rings. The molecule has 2 aliphatic rings. The molecule has 8 heteroatoms. The van der Waals surface area contributed by atoms with Crippen molar-refractivity contribution in [3.63, 3.8) is 0 Å². The minimum atomic E-state index is -3.57. The van der Waals surface area contributed by atoms with Gasteiger partial charge in [0.25, 0.3) is 0 Å². The van der Waals surface area contributed by atoms with Crippen LogP contribution in [0.25, 0.3) is 0 Å². The molecule has 118 valence electrons. The van der Waals surface area contributed by atoms with E-state index in [1.807, 2.05) is 0 Å². The van der Waals surface area contributed by atoms with E-state index in [4.69, 9.17) is 4.74 Å². The maximum atomic E-state index is 13.4. The quantitative estimate of drug-likeness (QED) is 0.898. The third-order valence-corrected chi connectivity index (χ3v) is 5.94. The van der Waals surface area contributed by atoms with E-state index in [1.54, 1.807) is 0 Å². The molecule has 2 atom stereocenters. The normalized spacial score (nSPS) is 25.4. The molecule has 0 aromatic heterocycles. The SMILES string of the molecule is COc1cc(S(=O)(=O)N2C[C@H]3CNC[C@H]3C2)ccc1F.Cl. The molecular formula is C13H18ClFN2O3S. The highest BCUT2D eigenvalue weighted by Crippen LogP contribution is 2.32. The molecule has 2 aliphatic heterocycles. The van der Waals surface area contributed by atoms with Crippen molar-refractivity contribution < 1.29 is 17.5 Å². The highest BCUT2D eigenvalue weighted by atomic mass is 35.5. The molecule has 21 heavy (non-hydrogen) atoms. The maximum absolute atomic E-state index is 13.4. The van der Waals surface area contributed by atoms with Crippen LogP contribution in [-0.4, -0.2) is 46.0 Å². The molecule has 0 unspecified atom stereocenters. The Morgan fingerprint density at radius 3 is 2.48 bits per heavy atom. The van der Waals surface area contributed by atoms with Crippen molar-refractivity contribution >= 4 is 22.4 Å². The molecule has 0 saturated carbocycles. The second-order valence-corrected chi connectivity index (χ2v) is 7.23. The number of hydrogen-bond acceptors (Lipinski definition) is 4.